The first-order chi connectivity index (χ1) is 13.3. The van der Waals surface area contributed by atoms with Crippen LogP contribution in [-0.2, 0) is 6.18 Å². The fourth-order valence-electron chi connectivity index (χ4n) is 2.49. The van der Waals surface area contributed by atoms with Crippen molar-refractivity contribution in [3.05, 3.63) is 77.9 Å². The molecule has 0 fully saturated rings. The van der Waals surface area contributed by atoms with Gasteiger partial charge in [0, 0.05) is 19.7 Å². The minimum Gasteiger partial charge on any atom is -0.363 e. The summed E-state index contributed by atoms with van der Waals surface area (Å²) >= 11 is 0. The van der Waals surface area contributed by atoms with Crippen molar-refractivity contribution in [3.63, 3.8) is 0 Å². The molecule has 7 heteroatoms. The van der Waals surface area contributed by atoms with Gasteiger partial charge in [0.1, 0.15) is 5.82 Å². The molecule has 0 atom stereocenters. The minimum absolute atomic E-state index is 0.252. The zero-order valence-electron chi connectivity index (χ0n) is 15.4. The summed E-state index contributed by atoms with van der Waals surface area (Å²) in [7, 11) is 3.32. The number of hydrogen-bond donors (Lipinski definition) is 1. The largest absolute Gasteiger partial charge is 0.416 e. The topological polar surface area (TPSA) is 40.5 Å². The molecule has 0 bridgehead atoms. The molecule has 2 aromatic carbocycles. The van der Waals surface area contributed by atoms with E-state index in [-0.39, 0.29) is 11.5 Å². The SMILES string of the molecule is CN(C)c1cc(C(F)(F)F)cc(-c2ccc(C=NNc3ccccc3)cc2)n1. The van der Waals surface area contributed by atoms with Crippen molar-refractivity contribution >= 4 is 17.7 Å². The minimum atomic E-state index is -4.43. The van der Waals surface area contributed by atoms with Gasteiger partial charge in [-0.05, 0) is 29.8 Å². The smallest absolute Gasteiger partial charge is 0.363 e. The number of alkyl halides is 3. The van der Waals surface area contributed by atoms with Crippen LogP contribution in [0.2, 0.25) is 0 Å². The molecule has 28 heavy (non-hydrogen) atoms. The van der Waals surface area contributed by atoms with Crippen LogP contribution in [0.15, 0.2) is 71.8 Å². The van der Waals surface area contributed by atoms with Gasteiger partial charge in [0.05, 0.1) is 23.2 Å². The first-order valence-corrected chi connectivity index (χ1v) is 8.54. The number of pyridine rings is 1. The van der Waals surface area contributed by atoms with Gasteiger partial charge in [0.2, 0.25) is 0 Å². The first kappa shape index (κ1) is 19.4. The summed E-state index contributed by atoms with van der Waals surface area (Å²) in [6, 6.07) is 18.6. The lowest BCUT2D eigenvalue weighted by molar-refractivity contribution is -0.137. The normalized spacial score (nSPS) is 11.6. The molecule has 0 aliphatic heterocycles. The summed E-state index contributed by atoms with van der Waals surface area (Å²) in [6.45, 7) is 0. The predicted octanol–water partition coefficient (Wildman–Crippen LogP) is 5.28. The van der Waals surface area contributed by atoms with Gasteiger partial charge >= 0.3 is 6.18 Å². The second kappa shape index (κ2) is 8.12. The van der Waals surface area contributed by atoms with Crippen LogP contribution in [-0.4, -0.2) is 25.3 Å². The molecule has 1 heterocycles. The zero-order valence-corrected chi connectivity index (χ0v) is 15.4. The lowest BCUT2D eigenvalue weighted by Gasteiger charge is -2.16. The van der Waals surface area contributed by atoms with E-state index < -0.39 is 11.7 Å². The van der Waals surface area contributed by atoms with Gasteiger partial charge in [-0.15, -0.1) is 0 Å². The molecular formula is C21H19F3N4. The summed E-state index contributed by atoms with van der Waals surface area (Å²) < 4.78 is 39.6. The highest BCUT2D eigenvalue weighted by atomic mass is 19.4. The Bertz CT molecular complexity index is 950. The summed E-state index contributed by atoms with van der Waals surface area (Å²) in [5.74, 6) is 0.252. The van der Waals surface area contributed by atoms with Crippen molar-refractivity contribution < 1.29 is 13.2 Å². The standard InChI is InChI=1S/C21H19F3N4/c1-28(2)20-13-17(21(22,23)24)12-19(26-20)16-10-8-15(9-11-16)14-25-27-18-6-4-3-5-7-18/h3-14,27H,1-2H3. The van der Waals surface area contributed by atoms with E-state index in [4.69, 9.17) is 0 Å². The molecule has 0 saturated heterocycles. The Labute approximate surface area is 161 Å². The van der Waals surface area contributed by atoms with Crippen molar-refractivity contribution in [1.29, 1.82) is 0 Å². The van der Waals surface area contributed by atoms with E-state index in [1.165, 1.54) is 0 Å². The molecule has 0 aliphatic rings. The zero-order chi connectivity index (χ0) is 20.1. The Kier molecular flexibility index (Phi) is 5.63. The van der Waals surface area contributed by atoms with Crippen LogP contribution >= 0.6 is 0 Å². The summed E-state index contributed by atoms with van der Waals surface area (Å²) in [4.78, 5) is 5.88. The molecule has 0 aliphatic carbocycles. The maximum Gasteiger partial charge on any atom is 0.416 e. The van der Waals surface area contributed by atoms with Gasteiger partial charge in [-0.2, -0.15) is 18.3 Å². The van der Waals surface area contributed by atoms with Gasteiger partial charge in [-0.25, -0.2) is 4.98 Å². The molecule has 0 unspecified atom stereocenters. The number of hydrogen-bond acceptors (Lipinski definition) is 4. The van der Waals surface area contributed by atoms with Crippen LogP contribution in [0.3, 0.4) is 0 Å². The van der Waals surface area contributed by atoms with Crippen molar-refractivity contribution in [2.45, 2.75) is 6.18 Å². The number of para-hydroxylation sites is 1. The van der Waals surface area contributed by atoms with Crippen LogP contribution < -0.4 is 10.3 Å². The van der Waals surface area contributed by atoms with E-state index in [1.807, 2.05) is 30.3 Å². The van der Waals surface area contributed by atoms with Gasteiger partial charge in [0.15, 0.2) is 0 Å². The third-order valence-corrected chi connectivity index (χ3v) is 3.98. The number of nitrogens with one attached hydrogen (secondary N) is 1. The van der Waals surface area contributed by atoms with Crippen LogP contribution in [0.25, 0.3) is 11.3 Å². The molecule has 0 amide bonds. The van der Waals surface area contributed by atoms with Crippen LogP contribution in [0.5, 0.6) is 0 Å². The number of rotatable bonds is 5. The predicted molar refractivity (Wildman–Crippen MR) is 107 cm³/mol. The third kappa shape index (κ3) is 4.88. The molecule has 4 nitrogen and oxygen atoms in total. The quantitative estimate of drug-likeness (QED) is 0.481. The van der Waals surface area contributed by atoms with Gasteiger partial charge in [-0.3, -0.25) is 5.43 Å². The number of nitrogens with zero attached hydrogens (tertiary/aromatic N) is 3. The van der Waals surface area contributed by atoms with Crippen molar-refractivity contribution in [2.75, 3.05) is 24.4 Å². The van der Waals surface area contributed by atoms with Gasteiger partial charge in [-0.1, -0.05) is 42.5 Å². The van der Waals surface area contributed by atoms with E-state index in [2.05, 4.69) is 15.5 Å². The maximum atomic E-state index is 13.2. The molecule has 0 radical (unpaired) electrons. The number of halogens is 3. The molecule has 144 valence electrons. The maximum absolute atomic E-state index is 13.2. The second-order valence-corrected chi connectivity index (χ2v) is 6.35. The van der Waals surface area contributed by atoms with E-state index in [9.17, 15) is 13.2 Å². The van der Waals surface area contributed by atoms with Crippen LogP contribution in [0.1, 0.15) is 11.1 Å². The Morgan fingerprint density at radius 2 is 1.64 bits per heavy atom. The van der Waals surface area contributed by atoms with Crippen LogP contribution in [0.4, 0.5) is 24.7 Å². The van der Waals surface area contributed by atoms with Crippen molar-refractivity contribution in [2.24, 2.45) is 5.10 Å². The highest BCUT2D eigenvalue weighted by Crippen LogP contribution is 2.33. The fourth-order valence-corrected chi connectivity index (χ4v) is 2.49. The average Bonchev–Trinajstić information content (AvgIpc) is 2.68. The molecular weight excluding hydrogens is 365 g/mol. The number of benzene rings is 2. The number of aromatic nitrogens is 1. The highest BCUT2D eigenvalue weighted by molar-refractivity contribution is 5.81. The van der Waals surface area contributed by atoms with E-state index in [0.29, 0.717) is 5.56 Å². The number of anilines is 2. The van der Waals surface area contributed by atoms with E-state index in [1.54, 1.807) is 49.5 Å². The second-order valence-electron chi connectivity index (χ2n) is 6.35. The molecule has 3 aromatic rings. The van der Waals surface area contributed by atoms with Crippen molar-refractivity contribution in [3.8, 4) is 11.3 Å². The lowest BCUT2D eigenvalue weighted by atomic mass is 10.1. The molecule has 1 aromatic heterocycles. The van der Waals surface area contributed by atoms with E-state index in [0.717, 1.165) is 23.4 Å². The van der Waals surface area contributed by atoms with Crippen LogP contribution in [0, 0.1) is 0 Å². The molecule has 1 N–H and O–H groups in total. The molecule has 0 spiro atoms. The van der Waals surface area contributed by atoms with Crippen molar-refractivity contribution in [1.82, 2.24) is 4.98 Å². The summed E-state index contributed by atoms with van der Waals surface area (Å²) in [5, 5.41) is 4.15. The number of hydrazone groups is 1. The Hall–Kier alpha value is -3.35. The average molecular weight is 384 g/mol. The Morgan fingerprint density at radius 1 is 0.964 bits per heavy atom. The fraction of sp³-hybridized carbons (Fsp3) is 0.143. The van der Waals surface area contributed by atoms with Gasteiger partial charge in [0.25, 0.3) is 0 Å². The first-order valence-electron chi connectivity index (χ1n) is 8.54. The van der Waals surface area contributed by atoms with Gasteiger partial charge < -0.3 is 4.90 Å². The Balaban J connectivity index is 1.82. The lowest BCUT2D eigenvalue weighted by Crippen LogP contribution is -2.14. The molecule has 0 saturated carbocycles. The Morgan fingerprint density at radius 3 is 2.25 bits per heavy atom. The monoisotopic (exact) mass is 384 g/mol. The summed E-state index contributed by atoms with van der Waals surface area (Å²) in [6.07, 6.45) is -2.79. The third-order valence-electron chi connectivity index (χ3n) is 3.98. The highest BCUT2D eigenvalue weighted by Gasteiger charge is 2.32. The van der Waals surface area contributed by atoms with E-state index >= 15 is 0 Å². The summed E-state index contributed by atoms with van der Waals surface area (Å²) in [5.41, 5.74) is 4.73. The molecule has 3 rings (SSSR count).